The van der Waals surface area contributed by atoms with Gasteiger partial charge in [-0.1, -0.05) is 35.9 Å². The number of aromatic nitrogens is 5. The Bertz CT molecular complexity index is 1200. The standard InChI is InChI=1S/C22H21ClN6O2/c1-15-3-4-16(2)20(11-15)31-14-28-10-9-19(26-28)21(30)25-22-24-13-29(27-22)12-17-5-7-18(23)8-6-17/h3-11,13H,12,14H2,1-2H3,(H,25,27,30). The number of rotatable bonds is 7. The zero-order valence-electron chi connectivity index (χ0n) is 17.1. The minimum atomic E-state index is -0.394. The van der Waals surface area contributed by atoms with Crippen molar-refractivity contribution < 1.29 is 9.53 Å². The highest BCUT2D eigenvalue weighted by atomic mass is 35.5. The fraction of sp³-hybridized carbons (Fsp3) is 0.182. The van der Waals surface area contributed by atoms with E-state index >= 15 is 0 Å². The van der Waals surface area contributed by atoms with Gasteiger partial charge in [0.15, 0.2) is 12.4 Å². The van der Waals surface area contributed by atoms with Crippen molar-refractivity contribution in [3.8, 4) is 5.75 Å². The summed E-state index contributed by atoms with van der Waals surface area (Å²) in [5, 5.41) is 11.9. The van der Waals surface area contributed by atoms with E-state index in [1.54, 1.807) is 28.0 Å². The molecule has 0 spiro atoms. The molecule has 4 rings (SSSR count). The average Bonchev–Trinajstić information content (AvgIpc) is 3.40. The van der Waals surface area contributed by atoms with E-state index in [-0.39, 0.29) is 18.4 Å². The molecule has 2 heterocycles. The summed E-state index contributed by atoms with van der Waals surface area (Å²) in [5.74, 6) is 0.604. The zero-order valence-corrected chi connectivity index (χ0v) is 17.9. The number of carbonyl (C=O) groups excluding carboxylic acids is 1. The molecule has 0 aliphatic heterocycles. The van der Waals surface area contributed by atoms with Gasteiger partial charge in [0, 0.05) is 11.2 Å². The van der Waals surface area contributed by atoms with Gasteiger partial charge < -0.3 is 4.74 Å². The Morgan fingerprint density at radius 1 is 1.06 bits per heavy atom. The van der Waals surface area contributed by atoms with Crippen molar-refractivity contribution in [1.29, 1.82) is 0 Å². The largest absolute Gasteiger partial charge is 0.471 e. The fourth-order valence-electron chi connectivity index (χ4n) is 2.92. The molecular formula is C22H21ClN6O2. The van der Waals surface area contributed by atoms with E-state index in [0.717, 1.165) is 22.4 Å². The molecular weight excluding hydrogens is 416 g/mol. The average molecular weight is 437 g/mol. The lowest BCUT2D eigenvalue weighted by Gasteiger charge is -2.09. The van der Waals surface area contributed by atoms with Crippen molar-refractivity contribution in [1.82, 2.24) is 24.5 Å². The first-order chi connectivity index (χ1) is 15.0. The van der Waals surface area contributed by atoms with Crippen LogP contribution in [0.25, 0.3) is 0 Å². The number of anilines is 1. The van der Waals surface area contributed by atoms with Crippen molar-refractivity contribution in [3.05, 3.63) is 88.5 Å². The van der Waals surface area contributed by atoms with Crippen LogP contribution in [0.4, 0.5) is 5.95 Å². The topological polar surface area (TPSA) is 86.9 Å². The fourth-order valence-corrected chi connectivity index (χ4v) is 3.05. The molecule has 0 saturated carbocycles. The first kappa shape index (κ1) is 20.6. The Morgan fingerprint density at radius 3 is 2.68 bits per heavy atom. The summed E-state index contributed by atoms with van der Waals surface area (Å²) < 4.78 is 9.01. The third-order valence-corrected chi connectivity index (χ3v) is 4.84. The normalized spacial score (nSPS) is 10.8. The third kappa shape index (κ3) is 5.29. The summed E-state index contributed by atoms with van der Waals surface area (Å²) in [5.41, 5.74) is 3.42. The number of hydrogen-bond acceptors (Lipinski definition) is 5. The summed E-state index contributed by atoms with van der Waals surface area (Å²) >= 11 is 5.90. The van der Waals surface area contributed by atoms with Crippen LogP contribution in [-0.2, 0) is 13.3 Å². The number of nitrogens with one attached hydrogen (secondary N) is 1. The van der Waals surface area contributed by atoms with Crippen molar-refractivity contribution in [2.45, 2.75) is 27.1 Å². The molecule has 8 nitrogen and oxygen atoms in total. The SMILES string of the molecule is Cc1ccc(C)c(OCn2ccc(C(=O)Nc3ncn(Cc4ccc(Cl)cc4)n3)n2)c1. The van der Waals surface area contributed by atoms with Crippen LogP contribution in [0.2, 0.25) is 5.02 Å². The molecule has 0 saturated heterocycles. The van der Waals surface area contributed by atoms with Crippen LogP contribution in [-0.4, -0.2) is 30.5 Å². The summed E-state index contributed by atoms with van der Waals surface area (Å²) in [4.78, 5) is 16.6. The predicted octanol–water partition coefficient (Wildman–Crippen LogP) is 4.08. The second kappa shape index (κ2) is 9.01. The van der Waals surface area contributed by atoms with Gasteiger partial charge in [-0.3, -0.25) is 10.1 Å². The van der Waals surface area contributed by atoms with Crippen molar-refractivity contribution in [2.24, 2.45) is 0 Å². The van der Waals surface area contributed by atoms with E-state index in [9.17, 15) is 4.79 Å². The number of ether oxygens (including phenoxy) is 1. The Labute approximate surface area is 184 Å². The highest BCUT2D eigenvalue weighted by Gasteiger charge is 2.13. The van der Waals surface area contributed by atoms with Gasteiger partial charge in [-0.05, 0) is 54.8 Å². The van der Waals surface area contributed by atoms with Crippen molar-refractivity contribution in [3.63, 3.8) is 0 Å². The van der Waals surface area contributed by atoms with Gasteiger partial charge in [-0.25, -0.2) is 14.3 Å². The smallest absolute Gasteiger partial charge is 0.278 e. The van der Waals surface area contributed by atoms with Gasteiger partial charge in [0.2, 0.25) is 5.95 Å². The van der Waals surface area contributed by atoms with E-state index in [1.165, 1.54) is 0 Å². The molecule has 0 atom stereocenters. The molecule has 2 aromatic heterocycles. The lowest BCUT2D eigenvalue weighted by Crippen LogP contribution is -2.15. The van der Waals surface area contributed by atoms with Gasteiger partial charge in [0.25, 0.3) is 5.91 Å². The molecule has 1 amide bonds. The second-order valence-corrected chi connectivity index (χ2v) is 7.57. The predicted molar refractivity (Wildman–Crippen MR) is 117 cm³/mol. The molecule has 2 aromatic carbocycles. The Hall–Kier alpha value is -3.65. The van der Waals surface area contributed by atoms with Crippen LogP contribution in [0.15, 0.2) is 61.1 Å². The maximum atomic E-state index is 12.5. The number of amides is 1. The van der Waals surface area contributed by atoms with E-state index in [1.807, 2.05) is 56.3 Å². The third-order valence-electron chi connectivity index (χ3n) is 4.59. The lowest BCUT2D eigenvalue weighted by molar-refractivity contribution is 0.101. The molecule has 158 valence electrons. The molecule has 0 bridgehead atoms. The van der Waals surface area contributed by atoms with Crippen LogP contribution in [0.1, 0.15) is 27.2 Å². The minimum Gasteiger partial charge on any atom is -0.471 e. The number of carbonyl (C=O) groups is 1. The molecule has 0 radical (unpaired) electrons. The number of aryl methyl sites for hydroxylation is 2. The van der Waals surface area contributed by atoms with Gasteiger partial charge in [0.05, 0.1) is 6.54 Å². The molecule has 4 aromatic rings. The van der Waals surface area contributed by atoms with Crippen LogP contribution in [0.3, 0.4) is 0 Å². The quantitative estimate of drug-likeness (QED) is 0.471. The number of halogens is 1. The van der Waals surface area contributed by atoms with Crippen LogP contribution < -0.4 is 10.1 Å². The van der Waals surface area contributed by atoms with Crippen molar-refractivity contribution >= 4 is 23.5 Å². The molecule has 0 fully saturated rings. The molecule has 0 unspecified atom stereocenters. The van der Waals surface area contributed by atoms with E-state index in [4.69, 9.17) is 16.3 Å². The maximum absolute atomic E-state index is 12.5. The molecule has 0 aliphatic carbocycles. The summed E-state index contributed by atoms with van der Waals surface area (Å²) in [6, 6.07) is 15.1. The zero-order chi connectivity index (χ0) is 21.8. The van der Waals surface area contributed by atoms with Gasteiger partial charge in [-0.2, -0.15) is 5.10 Å². The summed E-state index contributed by atoms with van der Waals surface area (Å²) in [7, 11) is 0. The molecule has 9 heteroatoms. The number of hydrogen-bond donors (Lipinski definition) is 1. The van der Waals surface area contributed by atoms with E-state index in [2.05, 4.69) is 20.5 Å². The number of benzene rings is 2. The Kier molecular flexibility index (Phi) is 5.99. The minimum absolute atomic E-state index is 0.200. The Balaban J connectivity index is 1.34. The van der Waals surface area contributed by atoms with Crippen LogP contribution >= 0.6 is 11.6 Å². The van der Waals surface area contributed by atoms with Crippen LogP contribution in [0, 0.1) is 13.8 Å². The van der Waals surface area contributed by atoms with Gasteiger partial charge in [0.1, 0.15) is 12.1 Å². The first-order valence-electron chi connectivity index (χ1n) is 9.65. The molecule has 1 N–H and O–H groups in total. The summed E-state index contributed by atoms with van der Waals surface area (Å²) in [6.45, 7) is 4.71. The maximum Gasteiger partial charge on any atom is 0.278 e. The summed E-state index contributed by atoms with van der Waals surface area (Å²) in [6.07, 6.45) is 3.24. The van der Waals surface area contributed by atoms with Gasteiger partial charge >= 0.3 is 0 Å². The van der Waals surface area contributed by atoms with E-state index in [0.29, 0.717) is 11.6 Å². The molecule has 31 heavy (non-hydrogen) atoms. The first-order valence-corrected chi connectivity index (χ1v) is 10.0. The van der Waals surface area contributed by atoms with Gasteiger partial charge in [-0.15, -0.1) is 5.10 Å². The van der Waals surface area contributed by atoms with Crippen LogP contribution in [0.5, 0.6) is 5.75 Å². The number of nitrogens with zero attached hydrogens (tertiary/aromatic N) is 5. The Morgan fingerprint density at radius 2 is 1.87 bits per heavy atom. The highest BCUT2D eigenvalue weighted by Crippen LogP contribution is 2.19. The lowest BCUT2D eigenvalue weighted by atomic mass is 10.1. The van der Waals surface area contributed by atoms with Crippen molar-refractivity contribution in [2.75, 3.05) is 5.32 Å². The van der Waals surface area contributed by atoms with E-state index < -0.39 is 5.91 Å². The second-order valence-electron chi connectivity index (χ2n) is 7.13. The highest BCUT2D eigenvalue weighted by molar-refractivity contribution is 6.30. The monoisotopic (exact) mass is 436 g/mol. The molecule has 0 aliphatic rings.